The van der Waals surface area contributed by atoms with Crippen molar-refractivity contribution in [1.29, 1.82) is 5.26 Å². The molecule has 1 aromatic heterocycles. The number of pyridine rings is 1. The molecule has 0 aliphatic heterocycles. The van der Waals surface area contributed by atoms with E-state index in [0.29, 0.717) is 22.9 Å². The molecule has 4 nitrogen and oxygen atoms in total. The normalized spacial score (nSPS) is 9.83. The maximum absolute atomic E-state index is 9.02. The van der Waals surface area contributed by atoms with E-state index < -0.39 is 0 Å². The van der Waals surface area contributed by atoms with E-state index in [9.17, 15) is 0 Å². The molecule has 0 fully saturated rings. The zero-order valence-electron chi connectivity index (χ0n) is 9.64. The average molecular weight is 304 g/mol. The third-order valence-electron chi connectivity index (χ3n) is 2.27. The Balaban J connectivity index is 2.37. The fraction of sp³-hybridized carbons (Fsp3) is 0.0769. The van der Waals surface area contributed by atoms with Gasteiger partial charge in [-0.2, -0.15) is 5.26 Å². The van der Waals surface area contributed by atoms with Gasteiger partial charge < -0.3 is 10.5 Å². The summed E-state index contributed by atoms with van der Waals surface area (Å²) in [5, 5.41) is 9.02. The lowest BCUT2D eigenvalue weighted by atomic mass is 10.2. The average Bonchev–Trinajstić information content (AvgIpc) is 2.34. The predicted octanol–water partition coefficient (Wildman–Crippen LogP) is 3.40. The second-order valence-electron chi connectivity index (χ2n) is 3.77. The molecule has 0 atom stereocenters. The van der Waals surface area contributed by atoms with Gasteiger partial charge in [-0.3, -0.25) is 0 Å². The Kier molecular flexibility index (Phi) is 3.49. The number of hydrogen-bond donors (Lipinski definition) is 1. The highest BCUT2D eigenvalue weighted by Crippen LogP contribution is 2.30. The van der Waals surface area contributed by atoms with Crippen LogP contribution in [0.2, 0.25) is 0 Å². The van der Waals surface area contributed by atoms with E-state index in [1.807, 2.05) is 19.1 Å². The summed E-state index contributed by atoms with van der Waals surface area (Å²) >= 11 is 3.37. The summed E-state index contributed by atoms with van der Waals surface area (Å²) < 4.78 is 6.34. The fourth-order valence-corrected chi connectivity index (χ4v) is 1.97. The summed E-state index contributed by atoms with van der Waals surface area (Å²) in [5.74, 6) is 0.852. The van der Waals surface area contributed by atoms with Gasteiger partial charge in [0.1, 0.15) is 11.8 Å². The van der Waals surface area contributed by atoms with Crippen LogP contribution in [0, 0.1) is 18.3 Å². The minimum absolute atomic E-state index is 0.379. The first-order valence-electron chi connectivity index (χ1n) is 5.20. The van der Waals surface area contributed by atoms with Crippen LogP contribution in [0.25, 0.3) is 0 Å². The molecule has 0 spiro atoms. The molecule has 0 radical (unpaired) electrons. The number of nitriles is 1. The van der Waals surface area contributed by atoms with E-state index in [0.717, 1.165) is 10.0 Å². The first kappa shape index (κ1) is 12.4. The van der Waals surface area contributed by atoms with E-state index in [4.69, 9.17) is 15.7 Å². The van der Waals surface area contributed by atoms with Crippen molar-refractivity contribution in [3.63, 3.8) is 0 Å². The number of nitrogens with zero attached hydrogens (tertiary/aromatic N) is 2. The smallest absolute Gasteiger partial charge is 0.233 e. The number of aryl methyl sites for hydroxylation is 1. The van der Waals surface area contributed by atoms with Gasteiger partial charge in [0.15, 0.2) is 0 Å². The monoisotopic (exact) mass is 303 g/mol. The number of rotatable bonds is 2. The molecule has 0 unspecified atom stereocenters. The number of ether oxygens (including phenoxy) is 1. The maximum Gasteiger partial charge on any atom is 0.233 e. The van der Waals surface area contributed by atoms with Crippen LogP contribution in [0.4, 0.5) is 5.69 Å². The zero-order chi connectivity index (χ0) is 13.1. The molecule has 0 saturated heterocycles. The first-order valence-corrected chi connectivity index (χ1v) is 5.99. The number of anilines is 1. The Labute approximate surface area is 113 Å². The highest BCUT2D eigenvalue weighted by Gasteiger charge is 2.09. The lowest BCUT2D eigenvalue weighted by Gasteiger charge is -2.08. The SMILES string of the molecule is Cc1cnc(Oc2ccc(N)cc2C#N)c(Br)c1. The van der Waals surface area contributed by atoms with E-state index in [1.165, 1.54) is 0 Å². The molecule has 0 bridgehead atoms. The number of halogens is 1. The van der Waals surface area contributed by atoms with Crippen LogP contribution in [-0.4, -0.2) is 4.98 Å². The van der Waals surface area contributed by atoms with Gasteiger partial charge in [0.25, 0.3) is 0 Å². The molecule has 2 aromatic rings. The summed E-state index contributed by atoms with van der Waals surface area (Å²) in [6.45, 7) is 1.94. The number of hydrogen-bond acceptors (Lipinski definition) is 4. The van der Waals surface area contributed by atoms with E-state index in [-0.39, 0.29) is 0 Å². The summed E-state index contributed by atoms with van der Waals surface area (Å²) in [6, 6.07) is 8.83. The lowest BCUT2D eigenvalue weighted by Crippen LogP contribution is -1.94. The molecule has 1 heterocycles. The van der Waals surface area contributed by atoms with Gasteiger partial charge in [-0.05, 0) is 52.7 Å². The van der Waals surface area contributed by atoms with Crippen molar-refractivity contribution in [3.05, 3.63) is 46.1 Å². The lowest BCUT2D eigenvalue weighted by molar-refractivity contribution is 0.458. The minimum Gasteiger partial charge on any atom is -0.436 e. The van der Waals surface area contributed by atoms with Gasteiger partial charge >= 0.3 is 0 Å². The van der Waals surface area contributed by atoms with E-state index in [1.54, 1.807) is 24.4 Å². The summed E-state index contributed by atoms with van der Waals surface area (Å²) in [6.07, 6.45) is 1.70. The molecule has 90 valence electrons. The standard InChI is InChI=1S/C13H10BrN3O/c1-8-4-11(14)13(17-7-8)18-12-3-2-10(16)5-9(12)6-15/h2-5,7H,16H2,1H3. The molecule has 1 aromatic carbocycles. The quantitative estimate of drug-likeness (QED) is 0.863. The van der Waals surface area contributed by atoms with E-state index in [2.05, 4.69) is 20.9 Å². The van der Waals surface area contributed by atoms with Crippen LogP contribution in [-0.2, 0) is 0 Å². The maximum atomic E-state index is 9.02. The van der Waals surface area contributed by atoms with Crippen molar-refractivity contribution >= 4 is 21.6 Å². The number of nitrogens with two attached hydrogens (primary N) is 1. The minimum atomic E-state index is 0.379. The molecule has 2 rings (SSSR count). The highest BCUT2D eigenvalue weighted by molar-refractivity contribution is 9.10. The van der Waals surface area contributed by atoms with Gasteiger partial charge in [-0.15, -0.1) is 0 Å². The van der Waals surface area contributed by atoms with Gasteiger partial charge in [0.2, 0.25) is 5.88 Å². The Morgan fingerprint density at radius 3 is 2.83 bits per heavy atom. The van der Waals surface area contributed by atoms with Gasteiger partial charge in [0.05, 0.1) is 10.0 Å². The van der Waals surface area contributed by atoms with Crippen molar-refractivity contribution < 1.29 is 4.74 Å². The topological polar surface area (TPSA) is 71.9 Å². The molecule has 0 aliphatic carbocycles. The van der Waals surface area contributed by atoms with Gasteiger partial charge in [-0.1, -0.05) is 0 Å². The van der Waals surface area contributed by atoms with Crippen molar-refractivity contribution in [2.75, 3.05) is 5.73 Å². The van der Waals surface area contributed by atoms with Crippen molar-refractivity contribution in [2.45, 2.75) is 6.92 Å². The zero-order valence-corrected chi connectivity index (χ0v) is 11.2. The van der Waals surface area contributed by atoms with Crippen LogP contribution in [0.1, 0.15) is 11.1 Å². The van der Waals surface area contributed by atoms with Gasteiger partial charge in [-0.25, -0.2) is 4.98 Å². The third-order valence-corrected chi connectivity index (χ3v) is 2.84. The number of aromatic nitrogens is 1. The Hall–Kier alpha value is -2.06. The Morgan fingerprint density at radius 1 is 1.39 bits per heavy atom. The van der Waals surface area contributed by atoms with Crippen molar-refractivity contribution in [2.24, 2.45) is 0 Å². The first-order chi connectivity index (χ1) is 8.60. The molecule has 5 heteroatoms. The molecule has 2 N–H and O–H groups in total. The molecular formula is C13H10BrN3O. The largest absolute Gasteiger partial charge is 0.436 e. The second-order valence-corrected chi connectivity index (χ2v) is 4.62. The van der Waals surface area contributed by atoms with Crippen LogP contribution >= 0.6 is 15.9 Å². The highest BCUT2D eigenvalue weighted by atomic mass is 79.9. The van der Waals surface area contributed by atoms with E-state index >= 15 is 0 Å². The van der Waals surface area contributed by atoms with Crippen LogP contribution < -0.4 is 10.5 Å². The van der Waals surface area contributed by atoms with Crippen molar-refractivity contribution in [1.82, 2.24) is 4.98 Å². The molecule has 18 heavy (non-hydrogen) atoms. The number of nitrogen functional groups attached to an aromatic ring is 1. The van der Waals surface area contributed by atoms with Crippen molar-refractivity contribution in [3.8, 4) is 17.7 Å². The van der Waals surface area contributed by atoms with Crippen LogP contribution in [0.5, 0.6) is 11.6 Å². The number of benzene rings is 1. The third kappa shape index (κ3) is 2.60. The second kappa shape index (κ2) is 5.07. The van der Waals surface area contributed by atoms with Crippen LogP contribution in [0.15, 0.2) is 34.9 Å². The van der Waals surface area contributed by atoms with Gasteiger partial charge in [0, 0.05) is 11.9 Å². The Morgan fingerprint density at radius 2 is 2.17 bits per heavy atom. The molecule has 0 amide bonds. The molecule has 0 saturated carbocycles. The molecule has 0 aliphatic rings. The fourth-order valence-electron chi connectivity index (χ4n) is 1.42. The summed E-state index contributed by atoms with van der Waals surface area (Å²) in [7, 11) is 0. The summed E-state index contributed by atoms with van der Waals surface area (Å²) in [4.78, 5) is 4.16. The predicted molar refractivity (Wildman–Crippen MR) is 72.3 cm³/mol. The Bertz CT molecular complexity index is 635. The molecular weight excluding hydrogens is 294 g/mol. The summed E-state index contributed by atoms with van der Waals surface area (Å²) in [5.41, 5.74) is 7.54. The van der Waals surface area contributed by atoms with Crippen LogP contribution in [0.3, 0.4) is 0 Å².